The van der Waals surface area contributed by atoms with Crippen molar-refractivity contribution in [2.24, 2.45) is 10.3 Å². The fourth-order valence-electron chi connectivity index (χ4n) is 1.11. The van der Waals surface area contributed by atoms with Gasteiger partial charge in [0.25, 0.3) is 0 Å². The van der Waals surface area contributed by atoms with E-state index in [1.807, 2.05) is 0 Å². The van der Waals surface area contributed by atoms with Crippen molar-refractivity contribution >= 4 is 17.2 Å². The summed E-state index contributed by atoms with van der Waals surface area (Å²) in [5.41, 5.74) is 0. The lowest BCUT2D eigenvalue weighted by Gasteiger charge is -2.32. The monoisotopic (exact) mass is 223 g/mol. The van der Waals surface area contributed by atoms with Gasteiger partial charge in [-0.25, -0.2) is 13.0 Å². The van der Waals surface area contributed by atoms with Crippen LogP contribution < -0.4 is 0 Å². The van der Waals surface area contributed by atoms with E-state index in [4.69, 9.17) is 0 Å². The number of halogens is 2. The van der Waals surface area contributed by atoms with Gasteiger partial charge in [-0.2, -0.15) is 4.40 Å². The Bertz CT molecular complexity index is 262. The van der Waals surface area contributed by atoms with Crippen LogP contribution in [0.1, 0.15) is 33.6 Å². The second-order valence-corrected chi connectivity index (χ2v) is 6.57. The Labute approximate surface area is 85.4 Å². The Morgan fingerprint density at radius 1 is 1.43 bits per heavy atom. The van der Waals surface area contributed by atoms with Gasteiger partial charge in [0.15, 0.2) is 0 Å². The van der Waals surface area contributed by atoms with Crippen LogP contribution in [0.4, 0.5) is 8.78 Å². The molecule has 5 heteroatoms. The van der Waals surface area contributed by atoms with Gasteiger partial charge in [0.05, 0.1) is 4.75 Å². The summed E-state index contributed by atoms with van der Waals surface area (Å²) in [7, 11) is -1.33. The largest absolute Gasteiger partial charge is 0.249 e. The van der Waals surface area contributed by atoms with Crippen molar-refractivity contribution in [2.45, 2.75) is 44.3 Å². The van der Waals surface area contributed by atoms with Gasteiger partial charge in [0, 0.05) is 25.0 Å². The lowest BCUT2D eigenvalue weighted by atomic mass is 9.82. The minimum absolute atomic E-state index is 0.155. The molecule has 1 rings (SSSR count). The fourth-order valence-corrected chi connectivity index (χ4v) is 1.71. The normalized spacial score (nSPS) is 24.9. The zero-order valence-electron chi connectivity index (χ0n) is 8.59. The average Bonchev–Trinajstić information content (AvgIpc) is 1.93. The summed E-state index contributed by atoms with van der Waals surface area (Å²) in [5, 5.41) is 0. The highest BCUT2D eigenvalue weighted by atomic mass is 32.2. The first-order valence-corrected chi connectivity index (χ1v) is 5.65. The van der Waals surface area contributed by atoms with Crippen LogP contribution in [0.3, 0.4) is 0 Å². The molecule has 1 fully saturated rings. The summed E-state index contributed by atoms with van der Waals surface area (Å²) in [6.07, 6.45) is 1.11. The van der Waals surface area contributed by atoms with Gasteiger partial charge in [0.1, 0.15) is 11.0 Å². The van der Waals surface area contributed by atoms with E-state index >= 15 is 0 Å². The molecule has 0 bridgehead atoms. The van der Waals surface area contributed by atoms with E-state index in [0.29, 0.717) is 0 Å². The molecule has 1 saturated carbocycles. The van der Waals surface area contributed by atoms with Crippen LogP contribution in [-0.2, 0) is 11.0 Å². The Balaban J connectivity index is 2.40. The van der Waals surface area contributed by atoms with Crippen molar-refractivity contribution in [3.8, 4) is 0 Å². The number of alkyl halides is 2. The topological polar surface area (TPSA) is 29.4 Å². The van der Waals surface area contributed by atoms with Gasteiger partial charge in [0.2, 0.25) is 5.92 Å². The average molecular weight is 223 g/mol. The number of rotatable bonds is 2. The molecule has 2 nitrogen and oxygen atoms in total. The smallest absolute Gasteiger partial charge is 0.234 e. The van der Waals surface area contributed by atoms with Gasteiger partial charge in [-0.3, -0.25) is 0 Å². The van der Waals surface area contributed by atoms with Gasteiger partial charge in [-0.1, -0.05) is 0 Å². The van der Waals surface area contributed by atoms with Crippen molar-refractivity contribution in [1.29, 1.82) is 0 Å². The van der Waals surface area contributed by atoms with Gasteiger partial charge in [-0.15, -0.1) is 0 Å². The maximum atomic E-state index is 12.4. The molecule has 0 N–H and O–H groups in total. The van der Waals surface area contributed by atoms with E-state index in [2.05, 4.69) is 4.40 Å². The maximum absolute atomic E-state index is 12.4. The van der Waals surface area contributed by atoms with Gasteiger partial charge in [-0.05, 0) is 20.8 Å². The molecule has 1 aliphatic carbocycles. The second-order valence-electron chi connectivity index (χ2n) is 4.64. The second kappa shape index (κ2) is 3.68. The van der Waals surface area contributed by atoms with Crippen molar-refractivity contribution in [2.75, 3.05) is 0 Å². The van der Waals surface area contributed by atoms with E-state index in [-0.39, 0.29) is 18.8 Å². The predicted octanol–water partition coefficient (Wildman–Crippen LogP) is 2.56. The van der Waals surface area contributed by atoms with E-state index in [9.17, 15) is 13.0 Å². The molecular weight excluding hydrogens is 208 g/mol. The van der Waals surface area contributed by atoms with Crippen molar-refractivity contribution in [3.05, 3.63) is 0 Å². The van der Waals surface area contributed by atoms with E-state index in [1.54, 1.807) is 20.8 Å². The fraction of sp³-hybridized carbons (Fsp3) is 0.889. The number of nitrogens with zero attached hydrogens (tertiary/aromatic N) is 1. The molecule has 0 heterocycles. The Hall–Kier alpha value is -0.320. The van der Waals surface area contributed by atoms with E-state index in [0.717, 1.165) is 0 Å². The number of hydrogen-bond acceptors (Lipinski definition) is 1. The molecule has 0 spiro atoms. The summed E-state index contributed by atoms with van der Waals surface area (Å²) < 4.78 is 39.6. The van der Waals surface area contributed by atoms with Crippen LogP contribution >= 0.6 is 0 Å². The van der Waals surface area contributed by atoms with Crippen LogP contribution in [0.5, 0.6) is 0 Å². The molecule has 1 atom stereocenters. The highest BCUT2D eigenvalue weighted by Gasteiger charge is 2.44. The molecule has 0 amide bonds. The molecule has 0 radical (unpaired) electrons. The van der Waals surface area contributed by atoms with Gasteiger partial charge < -0.3 is 0 Å². The summed E-state index contributed by atoms with van der Waals surface area (Å²) in [5.74, 6) is -2.73. The predicted molar refractivity (Wildman–Crippen MR) is 54.1 cm³/mol. The Kier molecular flexibility index (Phi) is 3.09. The standard InChI is InChI=1S/C9H15F2NOS/c1-8(2,3)14(13)12-6-7-4-9(10,11)5-7/h6-7H,4-5H2,1-3H3/b12-6-/t14-/m0/s1. The lowest BCUT2D eigenvalue weighted by Crippen LogP contribution is -2.36. The third kappa shape index (κ3) is 3.12. The van der Waals surface area contributed by atoms with Crippen molar-refractivity contribution in [1.82, 2.24) is 0 Å². The molecule has 82 valence electrons. The van der Waals surface area contributed by atoms with Crippen molar-refractivity contribution in [3.63, 3.8) is 0 Å². The molecule has 0 aromatic carbocycles. The van der Waals surface area contributed by atoms with Crippen LogP contribution in [0.2, 0.25) is 0 Å². The molecule has 1 aliphatic rings. The first kappa shape index (κ1) is 11.8. The summed E-state index contributed by atoms with van der Waals surface area (Å²) in [6, 6.07) is 0. The first-order chi connectivity index (χ1) is 6.21. The number of hydrogen-bond donors (Lipinski definition) is 0. The van der Waals surface area contributed by atoms with Crippen LogP contribution in [-0.4, -0.2) is 21.1 Å². The molecule has 14 heavy (non-hydrogen) atoms. The summed E-state index contributed by atoms with van der Waals surface area (Å²) in [6.45, 7) is 5.40. The zero-order valence-corrected chi connectivity index (χ0v) is 9.41. The summed E-state index contributed by atoms with van der Waals surface area (Å²) in [4.78, 5) is 0. The molecule has 0 saturated heterocycles. The molecule has 0 aliphatic heterocycles. The van der Waals surface area contributed by atoms with Crippen LogP contribution in [0, 0.1) is 5.92 Å². The highest BCUT2D eigenvalue weighted by molar-refractivity contribution is 7.85. The van der Waals surface area contributed by atoms with E-state index < -0.39 is 21.7 Å². The third-order valence-corrected chi connectivity index (χ3v) is 3.37. The minimum atomic E-state index is -2.53. The maximum Gasteiger partial charge on any atom is 0.249 e. The van der Waals surface area contributed by atoms with Crippen LogP contribution in [0.25, 0.3) is 0 Å². The first-order valence-electron chi connectivity index (χ1n) is 4.55. The Morgan fingerprint density at radius 2 is 1.93 bits per heavy atom. The third-order valence-electron chi connectivity index (χ3n) is 2.01. The molecule has 0 unspecified atom stereocenters. The quantitative estimate of drug-likeness (QED) is 0.661. The molecule has 0 aromatic rings. The molecule has 0 aromatic heterocycles. The van der Waals surface area contributed by atoms with Crippen LogP contribution in [0.15, 0.2) is 4.40 Å². The highest BCUT2D eigenvalue weighted by Crippen LogP contribution is 2.41. The Morgan fingerprint density at radius 3 is 2.29 bits per heavy atom. The van der Waals surface area contributed by atoms with Gasteiger partial charge >= 0.3 is 0 Å². The zero-order chi connectivity index (χ0) is 11.0. The minimum Gasteiger partial charge on any atom is -0.234 e. The lowest BCUT2D eigenvalue weighted by molar-refractivity contribution is -0.0896. The SMILES string of the molecule is CC(C)(C)[S@](=O)/N=C\C1CC(F)(F)C1. The molecular formula is C9H15F2NOS. The summed E-state index contributed by atoms with van der Waals surface area (Å²) >= 11 is 0. The van der Waals surface area contributed by atoms with E-state index in [1.165, 1.54) is 6.21 Å². The van der Waals surface area contributed by atoms with Crippen molar-refractivity contribution < 1.29 is 13.0 Å².